The summed E-state index contributed by atoms with van der Waals surface area (Å²) in [5.74, 6) is 0.0765. The average molecular weight is 433 g/mol. The summed E-state index contributed by atoms with van der Waals surface area (Å²) < 4.78 is 5.70. The van der Waals surface area contributed by atoms with Crippen LogP contribution >= 0.6 is 24.8 Å². The number of nitrogens with one attached hydrogen (secondary N) is 1. The molecule has 9 heteroatoms. The predicted octanol–water partition coefficient (Wildman–Crippen LogP) is 0.797. The number of nitrogens with zero attached hydrogens (tertiary/aromatic N) is 2. The van der Waals surface area contributed by atoms with Gasteiger partial charge in [0.1, 0.15) is 6.10 Å². The predicted molar refractivity (Wildman–Crippen MR) is 113 cm³/mol. The number of halogens is 2. The molecule has 2 atom stereocenters. The highest BCUT2D eigenvalue weighted by Crippen LogP contribution is 2.21. The maximum Gasteiger partial charge on any atom is 0.251 e. The maximum atomic E-state index is 12.5. The molecule has 0 aliphatic carbocycles. The Kier molecular flexibility index (Phi) is 10.8. The second kappa shape index (κ2) is 12.2. The Labute approximate surface area is 178 Å². The summed E-state index contributed by atoms with van der Waals surface area (Å²) in [5.41, 5.74) is 6.69. The summed E-state index contributed by atoms with van der Waals surface area (Å²) in [6.45, 7) is 4.06. The molecule has 2 heterocycles. The van der Waals surface area contributed by atoms with Crippen LogP contribution in [-0.2, 0) is 20.9 Å². The molecule has 2 aliphatic heterocycles. The first-order valence-corrected chi connectivity index (χ1v) is 9.33. The third-order valence-electron chi connectivity index (χ3n) is 5.03. The smallest absolute Gasteiger partial charge is 0.251 e. The normalized spacial score (nSPS) is 22.1. The number of carbonyl (C=O) groups is 2. The molecule has 2 saturated heterocycles. The highest BCUT2D eigenvalue weighted by atomic mass is 35.5. The number of hydrogen-bond acceptors (Lipinski definition) is 5. The van der Waals surface area contributed by atoms with Crippen molar-refractivity contribution < 1.29 is 14.3 Å². The van der Waals surface area contributed by atoms with Crippen molar-refractivity contribution >= 4 is 36.6 Å². The monoisotopic (exact) mass is 432 g/mol. The van der Waals surface area contributed by atoms with Gasteiger partial charge in [-0.1, -0.05) is 30.3 Å². The van der Waals surface area contributed by atoms with Gasteiger partial charge in [0.15, 0.2) is 0 Å². The van der Waals surface area contributed by atoms with Crippen LogP contribution < -0.4 is 11.1 Å². The lowest BCUT2D eigenvalue weighted by molar-refractivity contribution is -0.144. The van der Waals surface area contributed by atoms with Crippen molar-refractivity contribution in [1.82, 2.24) is 15.1 Å². The molecular formula is C19H30Cl2N4O3. The Bertz CT molecular complexity index is 612. The lowest BCUT2D eigenvalue weighted by Crippen LogP contribution is -2.53. The minimum absolute atomic E-state index is 0. The minimum Gasteiger partial charge on any atom is -0.364 e. The van der Waals surface area contributed by atoms with Crippen LogP contribution in [0.15, 0.2) is 30.3 Å². The van der Waals surface area contributed by atoms with Crippen molar-refractivity contribution in [1.29, 1.82) is 0 Å². The topological polar surface area (TPSA) is 87.9 Å². The van der Waals surface area contributed by atoms with Gasteiger partial charge < -0.3 is 20.7 Å². The second-order valence-corrected chi connectivity index (χ2v) is 6.92. The SMILES string of the molecule is Cl.Cl.NC[C@H]1CC[C@@H](C(=O)N2CCN(CC(=O)NCc3ccccc3)CC2)O1. The molecule has 2 amide bonds. The zero-order valence-electron chi connectivity index (χ0n) is 15.9. The van der Waals surface area contributed by atoms with Gasteiger partial charge in [-0.25, -0.2) is 0 Å². The summed E-state index contributed by atoms with van der Waals surface area (Å²) in [5, 5.41) is 2.94. The van der Waals surface area contributed by atoms with Gasteiger partial charge in [-0.15, -0.1) is 24.8 Å². The average Bonchev–Trinajstić information content (AvgIpc) is 3.16. The van der Waals surface area contributed by atoms with Crippen LogP contribution in [0.5, 0.6) is 0 Å². The highest BCUT2D eigenvalue weighted by molar-refractivity contribution is 5.85. The standard InChI is InChI=1S/C19H28N4O3.2ClH/c20-12-16-6-7-17(26-16)19(25)23-10-8-22(9-11-23)14-18(24)21-13-15-4-2-1-3-5-15;;/h1-5,16-17H,6-14,20H2,(H,21,24);2*1H/t16-,17+;;/m1../s1. The van der Waals surface area contributed by atoms with Crippen molar-refractivity contribution in [3.8, 4) is 0 Å². The Balaban J connectivity index is 0.00000196. The Morgan fingerprint density at radius 3 is 2.36 bits per heavy atom. The Morgan fingerprint density at radius 1 is 1.07 bits per heavy atom. The fraction of sp³-hybridized carbons (Fsp3) is 0.579. The maximum absolute atomic E-state index is 12.5. The summed E-state index contributed by atoms with van der Waals surface area (Å²) in [4.78, 5) is 28.6. The van der Waals surface area contributed by atoms with E-state index in [0.29, 0.717) is 45.8 Å². The second-order valence-electron chi connectivity index (χ2n) is 6.92. The number of nitrogens with two attached hydrogens (primary N) is 1. The van der Waals surface area contributed by atoms with E-state index in [1.807, 2.05) is 35.2 Å². The molecule has 3 rings (SSSR count). The fourth-order valence-corrected chi connectivity index (χ4v) is 3.45. The minimum atomic E-state index is -0.343. The van der Waals surface area contributed by atoms with E-state index in [1.165, 1.54) is 0 Å². The van der Waals surface area contributed by atoms with E-state index in [-0.39, 0.29) is 48.8 Å². The summed E-state index contributed by atoms with van der Waals surface area (Å²) in [6, 6.07) is 9.86. The molecule has 158 valence electrons. The third-order valence-corrected chi connectivity index (χ3v) is 5.03. The number of hydrogen-bond donors (Lipinski definition) is 2. The summed E-state index contributed by atoms with van der Waals surface area (Å²) in [7, 11) is 0. The van der Waals surface area contributed by atoms with Crippen molar-refractivity contribution in [2.45, 2.75) is 31.6 Å². The van der Waals surface area contributed by atoms with Gasteiger partial charge in [-0.3, -0.25) is 14.5 Å². The molecule has 0 spiro atoms. The van der Waals surface area contributed by atoms with Crippen molar-refractivity contribution in [3.05, 3.63) is 35.9 Å². The highest BCUT2D eigenvalue weighted by Gasteiger charge is 2.34. The molecule has 0 bridgehead atoms. The molecule has 1 aromatic carbocycles. The molecule has 7 nitrogen and oxygen atoms in total. The molecule has 2 fully saturated rings. The molecule has 0 saturated carbocycles. The van der Waals surface area contributed by atoms with E-state index >= 15 is 0 Å². The van der Waals surface area contributed by atoms with Gasteiger partial charge in [0, 0.05) is 39.3 Å². The number of ether oxygens (including phenoxy) is 1. The van der Waals surface area contributed by atoms with Crippen molar-refractivity contribution in [2.75, 3.05) is 39.3 Å². The van der Waals surface area contributed by atoms with Crippen molar-refractivity contribution in [2.24, 2.45) is 5.73 Å². The van der Waals surface area contributed by atoms with E-state index in [2.05, 4.69) is 10.2 Å². The lowest BCUT2D eigenvalue weighted by atomic mass is 10.1. The van der Waals surface area contributed by atoms with Crippen LogP contribution in [0.4, 0.5) is 0 Å². The molecule has 3 N–H and O–H groups in total. The first-order valence-electron chi connectivity index (χ1n) is 9.33. The van der Waals surface area contributed by atoms with Crippen LogP contribution in [0.3, 0.4) is 0 Å². The van der Waals surface area contributed by atoms with Crippen LogP contribution in [0, 0.1) is 0 Å². The first-order chi connectivity index (χ1) is 12.7. The van der Waals surface area contributed by atoms with E-state index in [9.17, 15) is 9.59 Å². The number of piperazine rings is 1. The molecule has 28 heavy (non-hydrogen) atoms. The Morgan fingerprint density at radius 2 is 1.75 bits per heavy atom. The molecule has 2 aliphatic rings. The number of benzene rings is 1. The lowest BCUT2D eigenvalue weighted by Gasteiger charge is -2.35. The van der Waals surface area contributed by atoms with Crippen LogP contribution in [0.1, 0.15) is 18.4 Å². The van der Waals surface area contributed by atoms with E-state index in [0.717, 1.165) is 18.4 Å². The Hall–Kier alpha value is -1.38. The van der Waals surface area contributed by atoms with E-state index < -0.39 is 0 Å². The van der Waals surface area contributed by atoms with Gasteiger partial charge in [0.05, 0.1) is 12.6 Å². The van der Waals surface area contributed by atoms with E-state index in [1.54, 1.807) is 0 Å². The fourth-order valence-electron chi connectivity index (χ4n) is 3.45. The number of amides is 2. The zero-order valence-corrected chi connectivity index (χ0v) is 17.6. The molecule has 0 aromatic heterocycles. The van der Waals surface area contributed by atoms with E-state index in [4.69, 9.17) is 10.5 Å². The molecular weight excluding hydrogens is 403 g/mol. The van der Waals surface area contributed by atoms with Crippen LogP contribution in [-0.4, -0.2) is 73.1 Å². The first kappa shape index (κ1) is 24.7. The zero-order chi connectivity index (χ0) is 18.4. The summed E-state index contributed by atoms with van der Waals surface area (Å²) in [6.07, 6.45) is 1.28. The van der Waals surface area contributed by atoms with Gasteiger partial charge in [-0.2, -0.15) is 0 Å². The quantitative estimate of drug-likeness (QED) is 0.693. The number of rotatable bonds is 6. The largest absolute Gasteiger partial charge is 0.364 e. The molecule has 1 aromatic rings. The van der Waals surface area contributed by atoms with Gasteiger partial charge in [0.25, 0.3) is 5.91 Å². The van der Waals surface area contributed by atoms with Gasteiger partial charge >= 0.3 is 0 Å². The molecule has 0 unspecified atom stereocenters. The van der Waals surface area contributed by atoms with Gasteiger partial charge in [-0.05, 0) is 18.4 Å². The van der Waals surface area contributed by atoms with Crippen molar-refractivity contribution in [3.63, 3.8) is 0 Å². The summed E-state index contributed by atoms with van der Waals surface area (Å²) >= 11 is 0. The van der Waals surface area contributed by atoms with Gasteiger partial charge in [0.2, 0.25) is 5.91 Å². The van der Waals surface area contributed by atoms with Crippen LogP contribution in [0.25, 0.3) is 0 Å². The third kappa shape index (κ3) is 6.90. The number of carbonyl (C=O) groups excluding carboxylic acids is 2. The molecule has 0 radical (unpaired) electrons. The van der Waals surface area contributed by atoms with Crippen LogP contribution in [0.2, 0.25) is 0 Å².